The van der Waals surface area contributed by atoms with Crippen LogP contribution in [0.1, 0.15) is 12.8 Å². The smallest absolute Gasteiger partial charge is 0.232 e. The summed E-state index contributed by atoms with van der Waals surface area (Å²) < 4.78 is 38.0. The second-order valence-electron chi connectivity index (χ2n) is 3.32. The van der Waals surface area contributed by atoms with E-state index >= 15 is 0 Å². The molecule has 0 radical (unpaired) electrons. The lowest BCUT2D eigenvalue weighted by atomic mass is 10.3. The number of hydrogen-bond acceptors (Lipinski definition) is 2. The Bertz CT molecular complexity index is 419. The first-order valence-electron chi connectivity index (χ1n) is 4.85. The Morgan fingerprint density at radius 2 is 1.81 bits per heavy atom. The maximum atomic E-state index is 12.6. The first-order valence-corrected chi connectivity index (χ1v) is 7.04. The van der Waals surface area contributed by atoms with Crippen LogP contribution < -0.4 is 4.72 Å². The number of sulfonamides is 1. The van der Waals surface area contributed by atoms with Gasteiger partial charge in [-0.3, -0.25) is 4.72 Å². The molecule has 0 aromatic heterocycles. The lowest BCUT2D eigenvalue weighted by Gasteiger charge is -2.07. The van der Waals surface area contributed by atoms with Crippen LogP contribution >= 0.6 is 11.6 Å². The largest absolute Gasteiger partial charge is 0.284 e. The van der Waals surface area contributed by atoms with E-state index in [4.69, 9.17) is 11.6 Å². The SMILES string of the molecule is O=S(=O)(CCCCCl)Nc1ccc(F)cc1. The molecule has 0 aliphatic carbocycles. The van der Waals surface area contributed by atoms with E-state index in [2.05, 4.69) is 4.72 Å². The van der Waals surface area contributed by atoms with Gasteiger partial charge in [0.05, 0.1) is 5.75 Å². The Labute approximate surface area is 99.7 Å². The van der Waals surface area contributed by atoms with Gasteiger partial charge in [0.25, 0.3) is 0 Å². The summed E-state index contributed by atoms with van der Waals surface area (Å²) in [6.07, 6.45) is 1.17. The molecule has 1 rings (SSSR count). The molecule has 1 aromatic rings. The minimum absolute atomic E-state index is 0.0249. The van der Waals surface area contributed by atoms with Crippen molar-refractivity contribution in [2.24, 2.45) is 0 Å². The number of anilines is 1. The fourth-order valence-electron chi connectivity index (χ4n) is 1.14. The van der Waals surface area contributed by atoms with Crippen LogP contribution in [0.2, 0.25) is 0 Å². The molecule has 1 N–H and O–H groups in total. The van der Waals surface area contributed by atoms with Gasteiger partial charge in [0.1, 0.15) is 5.82 Å². The van der Waals surface area contributed by atoms with Crippen molar-refractivity contribution in [2.45, 2.75) is 12.8 Å². The summed E-state index contributed by atoms with van der Waals surface area (Å²) in [5.41, 5.74) is 0.368. The van der Waals surface area contributed by atoms with E-state index < -0.39 is 15.8 Å². The molecule has 3 nitrogen and oxygen atoms in total. The molecule has 0 unspecified atom stereocenters. The summed E-state index contributed by atoms with van der Waals surface area (Å²) in [5, 5.41) is 0. The summed E-state index contributed by atoms with van der Waals surface area (Å²) in [6, 6.07) is 5.18. The number of halogens is 2. The van der Waals surface area contributed by atoms with Gasteiger partial charge < -0.3 is 0 Å². The monoisotopic (exact) mass is 265 g/mol. The maximum absolute atomic E-state index is 12.6. The van der Waals surface area contributed by atoms with E-state index in [1.54, 1.807) is 0 Å². The molecule has 0 heterocycles. The van der Waals surface area contributed by atoms with Crippen molar-refractivity contribution in [2.75, 3.05) is 16.4 Å². The van der Waals surface area contributed by atoms with Crippen molar-refractivity contribution in [3.8, 4) is 0 Å². The Morgan fingerprint density at radius 1 is 1.19 bits per heavy atom. The molecule has 90 valence electrons. The molecule has 0 saturated carbocycles. The number of alkyl halides is 1. The van der Waals surface area contributed by atoms with Gasteiger partial charge in [-0.2, -0.15) is 0 Å². The highest BCUT2D eigenvalue weighted by Gasteiger charge is 2.09. The number of unbranched alkanes of at least 4 members (excludes halogenated alkanes) is 1. The Hall–Kier alpha value is -0.810. The summed E-state index contributed by atoms with van der Waals surface area (Å²) in [4.78, 5) is 0. The third kappa shape index (κ3) is 4.81. The van der Waals surface area contributed by atoms with E-state index in [0.29, 0.717) is 24.4 Å². The van der Waals surface area contributed by atoms with Crippen LogP contribution in [0.25, 0.3) is 0 Å². The van der Waals surface area contributed by atoms with Gasteiger partial charge in [-0.05, 0) is 37.1 Å². The maximum Gasteiger partial charge on any atom is 0.232 e. The van der Waals surface area contributed by atoms with Gasteiger partial charge in [-0.15, -0.1) is 11.6 Å². The van der Waals surface area contributed by atoms with Gasteiger partial charge in [-0.1, -0.05) is 0 Å². The van der Waals surface area contributed by atoms with E-state index in [-0.39, 0.29) is 5.75 Å². The van der Waals surface area contributed by atoms with E-state index in [1.165, 1.54) is 24.3 Å². The van der Waals surface area contributed by atoms with Crippen LogP contribution in [0.4, 0.5) is 10.1 Å². The second-order valence-corrected chi connectivity index (χ2v) is 5.54. The number of nitrogens with one attached hydrogen (secondary N) is 1. The predicted octanol–water partition coefficient (Wildman–Crippen LogP) is 2.59. The topological polar surface area (TPSA) is 46.2 Å². The molecule has 0 bridgehead atoms. The van der Waals surface area contributed by atoms with Crippen molar-refractivity contribution in [1.82, 2.24) is 0 Å². The average Bonchev–Trinajstić information content (AvgIpc) is 2.21. The van der Waals surface area contributed by atoms with Crippen LogP contribution in [0, 0.1) is 5.82 Å². The molecule has 1 aromatic carbocycles. The molecule has 0 amide bonds. The fraction of sp³-hybridized carbons (Fsp3) is 0.400. The van der Waals surface area contributed by atoms with Gasteiger partial charge >= 0.3 is 0 Å². The molecule has 6 heteroatoms. The second kappa shape index (κ2) is 6.06. The zero-order valence-corrected chi connectivity index (χ0v) is 10.2. The normalized spacial score (nSPS) is 11.4. The average molecular weight is 266 g/mol. The highest BCUT2D eigenvalue weighted by atomic mass is 35.5. The molecule has 16 heavy (non-hydrogen) atoms. The zero-order valence-electron chi connectivity index (χ0n) is 8.62. The highest BCUT2D eigenvalue weighted by molar-refractivity contribution is 7.92. The van der Waals surface area contributed by atoms with Gasteiger partial charge in [0.2, 0.25) is 10.0 Å². The molecule has 0 aliphatic rings. The third-order valence-electron chi connectivity index (χ3n) is 1.91. The summed E-state index contributed by atoms with van der Waals surface area (Å²) in [5.74, 6) is 0.0773. The van der Waals surface area contributed by atoms with Crippen LogP contribution in [0.15, 0.2) is 24.3 Å². The first kappa shape index (κ1) is 13.3. The number of benzene rings is 1. The quantitative estimate of drug-likeness (QED) is 0.635. The molecular formula is C10H13ClFNO2S. The predicted molar refractivity (Wildman–Crippen MR) is 63.8 cm³/mol. The minimum Gasteiger partial charge on any atom is -0.284 e. The van der Waals surface area contributed by atoms with Crippen LogP contribution in [0.3, 0.4) is 0 Å². The van der Waals surface area contributed by atoms with E-state index in [1.807, 2.05) is 0 Å². The summed E-state index contributed by atoms with van der Waals surface area (Å²) in [7, 11) is -3.35. The minimum atomic E-state index is -3.35. The summed E-state index contributed by atoms with van der Waals surface area (Å²) >= 11 is 5.45. The Morgan fingerprint density at radius 3 is 2.38 bits per heavy atom. The number of hydrogen-bond donors (Lipinski definition) is 1. The van der Waals surface area contributed by atoms with Gasteiger partial charge in [0, 0.05) is 11.6 Å². The molecule has 0 aliphatic heterocycles. The zero-order chi connectivity index (χ0) is 12.0. The van der Waals surface area contributed by atoms with Crippen molar-refractivity contribution >= 4 is 27.3 Å². The molecule has 0 spiro atoms. The lowest BCUT2D eigenvalue weighted by Crippen LogP contribution is -2.16. The Balaban J connectivity index is 2.55. The van der Waals surface area contributed by atoms with Crippen molar-refractivity contribution in [3.63, 3.8) is 0 Å². The van der Waals surface area contributed by atoms with Crippen molar-refractivity contribution in [3.05, 3.63) is 30.1 Å². The molecule has 0 fully saturated rings. The third-order valence-corrected chi connectivity index (χ3v) is 3.55. The van der Waals surface area contributed by atoms with Gasteiger partial charge in [0.15, 0.2) is 0 Å². The Kier molecular flexibility index (Phi) is 5.02. The van der Waals surface area contributed by atoms with Crippen LogP contribution in [-0.2, 0) is 10.0 Å². The molecular weight excluding hydrogens is 253 g/mol. The van der Waals surface area contributed by atoms with Crippen molar-refractivity contribution < 1.29 is 12.8 Å². The van der Waals surface area contributed by atoms with E-state index in [9.17, 15) is 12.8 Å². The number of rotatable bonds is 6. The fourth-order valence-corrected chi connectivity index (χ4v) is 2.51. The van der Waals surface area contributed by atoms with Gasteiger partial charge in [-0.25, -0.2) is 12.8 Å². The van der Waals surface area contributed by atoms with Crippen LogP contribution in [-0.4, -0.2) is 20.1 Å². The highest BCUT2D eigenvalue weighted by Crippen LogP contribution is 2.11. The lowest BCUT2D eigenvalue weighted by molar-refractivity contribution is 0.597. The summed E-state index contributed by atoms with van der Waals surface area (Å²) in [6.45, 7) is 0. The van der Waals surface area contributed by atoms with Crippen molar-refractivity contribution in [1.29, 1.82) is 0 Å². The molecule has 0 saturated heterocycles. The first-order chi connectivity index (χ1) is 7.53. The van der Waals surface area contributed by atoms with Crippen LogP contribution in [0.5, 0.6) is 0 Å². The molecule has 0 atom stereocenters. The standard InChI is InChI=1S/C10H13ClFNO2S/c11-7-1-2-8-16(14,15)13-10-5-3-9(12)4-6-10/h3-6,13H,1-2,7-8H2. The van der Waals surface area contributed by atoms with E-state index in [0.717, 1.165) is 0 Å².